The molecule has 3 rings (SSSR count). The first-order valence-electron chi connectivity index (χ1n) is 7.93. The molecule has 126 valence electrons. The van der Waals surface area contributed by atoms with Gasteiger partial charge in [0.05, 0.1) is 0 Å². The van der Waals surface area contributed by atoms with Gasteiger partial charge in [-0.05, 0) is 23.8 Å². The van der Waals surface area contributed by atoms with Crippen LogP contribution in [0.3, 0.4) is 0 Å². The van der Waals surface area contributed by atoms with Crippen molar-refractivity contribution in [2.24, 2.45) is 0 Å². The van der Waals surface area contributed by atoms with E-state index in [0.717, 1.165) is 24.5 Å². The molecule has 0 unspecified atom stereocenters. The van der Waals surface area contributed by atoms with Crippen molar-refractivity contribution in [3.8, 4) is 0 Å². The first-order valence-corrected chi connectivity index (χ1v) is 7.93. The predicted molar refractivity (Wildman–Crippen MR) is 90.2 cm³/mol. The molecule has 24 heavy (non-hydrogen) atoms. The molecular weight excluding hydrogens is 309 g/mol. The van der Waals surface area contributed by atoms with Gasteiger partial charge in [0.15, 0.2) is 0 Å². The molecule has 1 aromatic carbocycles. The summed E-state index contributed by atoms with van der Waals surface area (Å²) in [7, 11) is 0. The molecule has 1 amide bonds. The lowest BCUT2D eigenvalue weighted by molar-refractivity contribution is -0.129. The third kappa shape index (κ3) is 3.98. The second-order valence-electron chi connectivity index (χ2n) is 5.72. The lowest BCUT2D eigenvalue weighted by atomic mass is 10.2. The normalized spacial score (nSPS) is 14.6. The van der Waals surface area contributed by atoms with Crippen LogP contribution in [0.4, 0.5) is 16.2 Å². The van der Waals surface area contributed by atoms with Crippen molar-refractivity contribution in [2.45, 2.75) is 13.5 Å². The van der Waals surface area contributed by atoms with Gasteiger partial charge in [-0.1, -0.05) is 12.1 Å². The number of anilines is 2. The largest absolute Gasteiger partial charge is 0.366 e. The number of halogens is 1. The molecule has 0 radical (unpaired) electrons. The lowest BCUT2D eigenvalue weighted by Crippen LogP contribution is -2.48. The Morgan fingerprint density at radius 3 is 2.54 bits per heavy atom. The minimum absolute atomic E-state index is 0.102. The average Bonchev–Trinajstić information content (AvgIpc) is 2.61. The van der Waals surface area contributed by atoms with Gasteiger partial charge >= 0.3 is 0 Å². The number of amides is 1. The van der Waals surface area contributed by atoms with Crippen LogP contribution in [0.2, 0.25) is 0 Å². The van der Waals surface area contributed by atoms with Crippen molar-refractivity contribution in [2.75, 3.05) is 36.4 Å². The van der Waals surface area contributed by atoms with E-state index < -0.39 is 0 Å². The van der Waals surface area contributed by atoms with Crippen LogP contribution < -0.4 is 10.2 Å². The van der Waals surface area contributed by atoms with Crippen LogP contribution >= 0.6 is 0 Å². The van der Waals surface area contributed by atoms with Gasteiger partial charge in [0.2, 0.25) is 11.9 Å². The molecular formula is C17H20FN5O. The number of carbonyl (C=O) groups excluding carboxylic acids is 1. The summed E-state index contributed by atoms with van der Waals surface area (Å²) in [5.74, 6) is 1.23. The van der Waals surface area contributed by atoms with Crippen LogP contribution in [0.5, 0.6) is 0 Å². The van der Waals surface area contributed by atoms with Gasteiger partial charge in [-0.15, -0.1) is 0 Å². The van der Waals surface area contributed by atoms with Crippen LogP contribution in [0.15, 0.2) is 36.5 Å². The average molecular weight is 329 g/mol. The van der Waals surface area contributed by atoms with Crippen molar-refractivity contribution >= 4 is 17.7 Å². The standard InChI is InChI=1S/C17H20FN5O/c1-13(24)22-8-10-23(11-9-22)17-19-7-6-16(21-17)20-12-14-2-4-15(18)5-3-14/h2-7H,8-12H2,1H3,(H,19,20,21). The van der Waals surface area contributed by atoms with E-state index in [0.29, 0.717) is 25.6 Å². The van der Waals surface area contributed by atoms with Crippen molar-refractivity contribution in [1.82, 2.24) is 14.9 Å². The van der Waals surface area contributed by atoms with E-state index in [1.54, 1.807) is 31.3 Å². The molecule has 2 heterocycles. The molecule has 0 spiro atoms. The quantitative estimate of drug-likeness (QED) is 0.928. The molecule has 0 atom stereocenters. The zero-order valence-corrected chi connectivity index (χ0v) is 13.6. The summed E-state index contributed by atoms with van der Waals surface area (Å²) in [6, 6.07) is 8.17. The van der Waals surface area contributed by atoms with Crippen molar-refractivity contribution in [3.63, 3.8) is 0 Å². The van der Waals surface area contributed by atoms with E-state index in [-0.39, 0.29) is 11.7 Å². The molecule has 1 N–H and O–H groups in total. The van der Waals surface area contributed by atoms with Crippen molar-refractivity contribution in [1.29, 1.82) is 0 Å². The molecule has 1 aromatic heterocycles. The number of piperazine rings is 1. The van der Waals surface area contributed by atoms with Crippen LogP contribution in [-0.2, 0) is 11.3 Å². The van der Waals surface area contributed by atoms with Crippen LogP contribution in [0.1, 0.15) is 12.5 Å². The fraction of sp³-hybridized carbons (Fsp3) is 0.353. The van der Waals surface area contributed by atoms with Gasteiger partial charge in [-0.2, -0.15) is 4.98 Å². The minimum Gasteiger partial charge on any atom is -0.366 e. The summed E-state index contributed by atoms with van der Waals surface area (Å²) in [4.78, 5) is 24.1. The SMILES string of the molecule is CC(=O)N1CCN(c2nccc(NCc3ccc(F)cc3)n2)CC1. The number of rotatable bonds is 4. The van der Waals surface area contributed by atoms with Gasteiger partial charge in [0.1, 0.15) is 11.6 Å². The number of aromatic nitrogens is 2. The molecule has 0 bridgehead atoms. The smallest absolute Gasteiger partial charge is 0.227 e. The van der Waals surface area contributed by atoms with E-state index >= 15 is 0 Å². The summed E-state index contributed by atoms with van der Waals surface area (Å²) in [6.07, 6.45) is 1.71. The maximum absolute atomic E-state index is 12.9. The maximum atomic E-state index is 12.9. The second kappa shape index (κ2) is 7.25. The molecule has 0 aliphatic carbocycles. The Balaban J connectivity index is 1.60. The Hall–Kier alpha value is -2.70. The number of hydrogen-bond donors (Lipinski definition) is 1. The molecule has 6 nitrogen and oxygen atoms in total. The molecule has 1 aliphatic heterocycles. The Bertz CT molecular complexity index is 698. The van der Waals surface area contributed by atoms with E-state index in [2.05, 4.69) is 20.2 Å². The van der Waals surface area contributed by atoms with E-state index in [1.165, 1.54) is 12.1 Å². The third-order valence-electron chi connectivity index (χ3n) is 4.04. The zero-order valence-electron chi connectivity index (χ0n) is 13.6. The Labute approximate surface area is 140 Å². The van der Waals surface area contributed by atoms with Gasteiger partial charge < -0.3 is 15.1 Å². The minimum atomic E-state index is -0.243. The zero-order chi connectivity index (χ0) is 16.9. The molecule has 2 aromatic rings. The van der Waals surface area contributed by atoms with Crippen molar-refractivity contribution in [3.05, 3.63) is 47.9 Å². The van der Waals surface area contributed by atoms with Gasteiger partial charge in [-0.25, -0.2) is 9.37 Å². The lowest BCUT2D eigenvalue weighted by Gasteiger charge is -2.34. The molecule has 1 aliphatic rings. The van der Waals surface area contributed by atoms with Crippen LogP contribution in [0, 0.1) is 5.82 Å². The number of nitrogens with one attached hydrogen (secondary N) is 1. The summed E-state index contributed by atoms with van der Waals surface area (Å²) >= 11 is 0. The number of nitrogens with zero attached hydrogens (tertiary/aromatic N) is 4. The first-order chi connectivity index (χ1) is 11.6. The highest BCUT2D eigenvalue weighted by atomic mass is 19.1. The van der Waals surface area contributed by atoms with Gasteiger partial charge in [0, 0.05) is 45.8 Å². The predicted octanol–water partition coefficient (Wildman–Crippen LogP) is 1.90. The highest BCUT2D eigenvalue weighted by Crippen LogP contribution is 2.14. The van der Waals surface area contributed by atoms with E-state index in [1.807, 2.05) is 4.90 Å². The Kier molecular flexibility index (Phi) is 4.88. The van der Waals surface area contributed by atoms with E-state index in [9.17, 15) is 9.18 Å². The van der Waals surface area contributed by atoms with Gasteiger partial charge in [0.25, 0.3) is 0 Å². The summed E-state index contributed by atoms with van der Waals surface area (Å²) < 4.78 is 12.9. The summed E-state index contributed by atoms with van der Waals surface area (Å²) in [5, 5.41) is 3.22. The summed E-state index contributed by atoms with van der Waals surface area (Å²) in [5.41, 5.74) is 0.978. The highest BCUT2D eigenvalue weighted by molar-refractivity contribution is 5.73. The molecule has 1 fully saturated rings. The number of carbonyl (C=O) groups is 1. The molecule has 7 heteroatoms. The van der Waals surface area contributed by atoms with E-state index in [4.69, 9.17) is 0 Å². The van der Waals surface area contributed by atoms with Crippen molar-refractivity contribution < 1.29 is 9.18 Å². The van der Waals surface area contributed by atoms with Crippen LogP contribution in [0.25, 0.3) is 0 Å². The maximum Gasteiger partial charge on any atom is 0.227 e. The fourth-order valence-electron chi connectivity index (χ4n) is 2.62. The van der Waals surface area contributed by atoms with Crippen LogP contribution in [-0.4, -0.2) is 47.0 Å². The van der Waals surface area contributed by atoms with Gasteiger partial charge in [-0.3, -0.25) is 4.79 Å². The first kappa shape index (κ1) is 16.2. The second-order valence-corrected chi connectivity index (χ2v) is 5.72. The topological polar surface area (TPSA) is 61.4 Å². The summed E-state index contributed by atoms with van der Waals surface area (Å²) in [6.45, 7) is 4.97. The number of benzene rings is 1. The monoisotopic (exact) mass is 329 g/mol. The fourth-order valence-corrected chi connectivity index (χ4v) is 2.62. The highest BCUT2D eigenvalue weighted by Gasteiger charge is 2.20. The number of hydrogen-bond acceptors (Lipinski definition) is 5. The molecule has 1 saturated heterocycles. The Morgan fingerprint density at radius 2 is 1.88 bits per heavy atom. The Morgan fingerprint density at radius 1 is 1.17 bits per heavy atom. The molecule has 0 saturated carbocycles. The third-order valence-corrected chi connectivity index (χ3v) is 4.04.